The lowest BCUT2D eigenvalue weighted by Crippen LogP contribution is -2.44. The average Bonchev–Trinajstić information content (AvgIpc) is 3.19. The van der Waals surface area contributed by atoms with E-state index in [-0.39, 0.29) is 19.1 Å². The predicted molar refractivity (Wildman–Crippen MR) is 120 cm³/mol. The van der Waals surface area contributed by atoms with Gasteiger partial charge in [-0.2, -0.15) is 10.2 Å². The lowest BCUT2D eigenvalue weighted by molar-refractivity contribution is 0.496. The normalized spacial score (nSPS) is 15.9. The van der Waals surface area contributed by atoms with Gasteiger partial charge in [0.15, 0.2) is 11.2 Å². The van der Waals surface area contributed by atoms with Gasteiger partial charge in [-0.3, -0.25) is 23.5 Å². The highest BCUT2D eigenvalue weighted by Crippen LogP contribution is 2.23. The first kappa shape index (κ1) is 21.3. The van der Waals surface area contributed by atoms with E-state index in [0.717, 1.165) is 24.0 Å². The van der Waals surface area contributed by atoms with Crippen molar-refractivity contribution in [2.45, 2.75) is 38.9 Å². The lowest BCUT2D eigenvalue weighted by Gasteiger charge is -2.31. The Bertz CT molecular complexity index is 1400. The SMILES string of the molecule is CC#CCn1c(N2CCCC(N)C2)nc2c1c(=O)n(Cc1ccncc1C#N)c(=O)n2C. The first-order chi connectivity index (χ1) is 15.5. The Labute approximate surface area is 184 Å². The van der Waals surface area contributed by atoms with Crippen molar-refractivity contribution in [1.82, 2.24) is 23.7 Å². The monoisotopic (exact) mass is 432 g/mol. The molecule has 32 heavy (non-hydrogen) atoms. The van der Waals surface area contributed by atoms with Gasteiger partial charge >= 0.3 is 5.69 Å². The van der Waals surface area contributed by atoms with Crippen LogP contribution in [0, 0.1) is 23.2 Å². The molecular weight excluding hydrogens is 408 g/mol. The molecule has 10 nitrogen and oxygen atoms in total. The standard InChI is InChI=1S/C22H24N8O2/c1-3-4-10-29-18-19(26-21(29)28-9-5-6-17(24)14-28)27(2)22(32)30(20(18)31)13-15-7-8-25-12-16(15)11-23/h7-8,12,17H,5-6,9-10,13-14,24H2,1-2H3. The molecule has 1 saturated heterocycles. The van der Waals surface area contributed by atoms with Crippen molar-refractivity contribution in [3.63, 3.8) is 0 Å². The van der Waals surface area contributed by atoms with Crippen molar-refractivity contribution >= 4 is 17.1 Å². The van der Waals surface area contributed by atoms with Crippen LogP contribution in [-0.4, -0.2) is 42.8 Å². The molecule has 4 rings (SSSR count). The molecule has 2 N–H and O–H groups in total. The maximum absolute atomic E-state index is 13.5. The minimum absolute atomic E-state index is 0.0193. The summed E-state index contributed by atoms with van der Waals surface area (Å²) in [6, 6.07) is 3.71. The van der Waals surface area contributed by atoms with Crippen molar-refractivity contribution in [2.75, 3.05) is 18.0 Å². The second kappa shape index (κ2) is 8.69. The fourth-order valence-electron chi connectivity index (χ4n) is 4.07. The fourth-order valence-corrected chi connectivity index (χ4v) is 4.07. The van der Waals surface area contributed by atoms with Crippen LogP contribution in [0.1, 0.15) is 30.9 Å². The molecule has 4 heterocycles. The Hall–Kier alpha value is -3.89. The zero-order valence-electron chi connectivity index (χ0n) is 18.1. The number of piperidine rings is 1. The van der Waals surface area contributed by atoms with Crippen molar-refractivity contribution in [1.29, 1.82) is 5.26 Å². The molecule has 1 aliphatic heterocycles. The van der Waals surface area contributed by atoms with Crippen LogP contribution < -0.4 is 21.9 Å². The molecule has 1 unspecified atom stereocenters. The number of nitrogens with zero attached hydrogens (tertiary/aromatic N) is 7. The van der Waals surface area contributed by atoms with Crippen LogP contribution in [0.4, 0.5) is 5.95 Å². The minimum Gasteiger partial charge on any atom is -0.341 e. The van der Waals surface area contributed by atoms with Gasteiger partial charge < -0.3 is 10.6 Å². The molecule has 10 heteroatoms. The number of anilines is 1. The number of fused-ring (bicyclic) bond motifs is 1. The van der Waals surface area contributed by atoms with Crippen LogP contribution >= 0.6 is 0 Å². The summed E-state index contributed by atoms with van der Waals surface area (Å²) < 4.78 is 4.26. The summed E-state index contributed by atoms with van der Waals surface area (Å²) in [5.41, 5.74) is 6.66. The summed E-state index contributed by atoms with van der Waals surface area (Å²) in [6.07, 6.45) is 4.81. The van der Waals surface area contributed by atoms with E-state index < -0.39 is 11.2 Å². The Morgan fingerprint density at radius 2 is 2.12 bits per heavy atom. The maximum atomic E-state index is 13.5. The van der Waals surface area contributed by atoms with Crippen LogP contribution in [-0.2, 0) is 20.1 Å². The van der Waals surface area contributed by atoms with Crippen LogP contribution in [0.2, 0.25) is 0 Å². The Kier molecular flexibility index (Phi) is 5.80. The fraction of sp³-hybridized carbons (Fsp3) is 0.409. The third-order valence-corrected chi connectivity index (χ3v) is 5.73. The lowest BCUT2D eigenvalue weighted by atomic mass is 10.1. The van der Waals surface area contributed by atoms with Gasteiger partial charge in [0.2, 0.25) is 5.95 Å². The number of nitrogens with two attached hydrogens (primary N) is 1. The molecular formula is C22H24N8O2. The summed E-state index contributed by atoms with van der Waals surface area (Å²) in [6.45, 7) is 3.34. The number of nitriles is 1. The first-order valence-corrected chi connectivity index (χ1v) is 10.4. The summed E-state index contributed by atoms with van der Waals surface area (Å²) in [5, 5.41) is 9.37. The molecule has 1 aliphatic rings. The molecule has 164 valence electrons. The summed E-state index contributed by atoms with van der Waals surface area (Å²) in [4.78, 5) is 37.3. The molecule has 0 amide bonds. The van der Waals surface area contributed by atoms with E-state index >= 15 is 0 Å². The number of pyridine rings is 1. The minimum atomic E-state index is -0.503. The Morgan fingerprint density at radius 3 is 2.84 bits per heavy atom. The molecule has 0 saturated carbocycles. The smallest absolute Gasteiger partial charge is 0.332 e. The van der Waals surface area contributed by atoms with Crippen molar-refractivity contribution < 1.29 is 0 Å². The topological polar surface area (TPSA) is 128 Å². The average molecular weight is 432 g/mol. The number of aryl methyl sites for hydroxylation is 1. The third-order valence-electron chi connectivity index (χ3n) is 5.73. The summed E-state index contributed by atoms with van der Waals surface area (Å²) >= 11 is 0. The van der Waals surface area contributed by atoms with Gasteiger partial charge in [0.1, 0.15) is 6.07 Å². The molecule has 0 aromatic carbocycles. The van der Waals surface area contributed by atoms with E-state index in [2.05, 4.69) is 32.8 Å². The number of aromatic nitrogens is 5. The van der Waals surface area contributed by atoms with Gasteiger partial charge in [0.05, 0.1) is 18.7 Å². The Balaban J connectivity index is 1.94. The van der Waals surface area contributed by atoms with Crippen molar-refractivity contribution in [3.05, 3.63) is 50.4 Å². The molecule has 1 atom stereocenters. The number of hydrogen-bond acceptors (Lipinski definition) is 7. The molecule has 0 bridgehead atoms. The second-order valence-corrected chi connectivity index (χ2v) is 7.82. The van der Waals surface area contributed by atoms with E-state index in [0.29, 0.717) is 34.8 Å². The van der Waals surface area contributed by atoms with E-state index in [1.807, 2.05) is 0 Å². The number of hydrogen-bond donors (Lipinski definition) is 1. The van der Waals surface area contributed by atoms with Gasteiger partial charge in [-0.1, -0.05) is 5.92 Å². The zero-order chi connectivity index (χ0) is 22.8. The largest absolute Gasteiger partial charge is 0.341 e. The van der Waals surface area contributed by atoms with Crippen molar-refractivity contribution in [3.8, 4) is 17.9 Å². The first-order valence-electron chi connectivity index (χ1n) is 10.4. The van der Waals surface area contributed by atoms with E-state index in [1.165, 1.54) is 17.0 Å². The molecule has 0 aliphatic carbocycles. The second-order valence-electron chi connectivity index (χ2n) is 7.82. The third kappa shape index (κ3) is 3.66. The molecule has 1 fully saturated rings. The van der Waals surface area contributed by atoms with Gasteiger partial charge in [0, 0.05) is 38.6 Å². The van der Waals surface area contributed by atoms with Crippen LogP contribution in [0.3, 0.4) is 0 Å². The van der Waals surface area contributed by atoms with Crippen LogP contribution in [0.5, 0.6) is 0 Å². The van der Waals surface area contributed by atoms with Gasteiger partial charge in [0.25, 0.3) is 5.56 Å². The van der Waals surface area contributed by atoms with Crippen molar-refractivity contribution in [2.24, 2.45) is 12.8 Å². The van der Waals surface area contributed by atoms with Gasteiger partial charge in [-0.05, 0) is 31.4 Å². The number of rotatable bonds is 4. The van der Waals surface area contributed by atoms with Gasteiger partial charge in [-0.15, -0.1) is 5.92 Å². The number of imidazole rings is 1. The summed E-state index contributed by atoms with van der Waals surface area (Å²) in [5.74, 6) is 6.46. The van der Waals surface area contributed by atoms with E-state index in [1.54, 1.807) is 24.6 Å². The summed E-state index contributed by atoms with van der Waals surface area (Å²) in [7, 11) is 1.59. The predicted octanol–water partition coefficient (Wildman–Crippen LogP) is 0.162. The zero-order valence-corrected chi connectivity index (χ0v) is 18.1. The van der Waals surface area contributed by atoms with Crippen LogP contribution in [0.15, 0.2) is 28.0 Å². The maximum Gasteiger partial charge on any atom is 0.332 e. The molecule has 0 spiro atoms. The highest BCUT2D eigenvalue weighted by atomic mass is 16.2. The van der Waals surface area contributed by atoms with E-state index in [9.17, 15) is 14.9 Å². The van der Waals surface area contributed by atoms with Crippen LogP contribution in [0.25, 0.3) is 11.2 Å². The van der Waals surface area contributed by atoms with Gasteiger partial charge in [-0.25, -0.2) is 4.79 Å². The quantitative estimate of drug-likeness (QED) is 0.582. The highest BCUT2D eigenvalue weighted by molar-refractivity contribution is 5.75. The molecule has 3 aromatic rings. The molecule has 3 aromatic heterocycles. The molecule has 0 radical (unpaired) electrons. The highest BCUT2D eigenvalue weighted by Gasteiger charge is 2.26. The van der Waals surface area contributed by atoms with E-state index in [4.69, 9.17) is 5.73 Å². The Morgan fingerprint density at radius 1 is 1.31 bits per heavy atom.